The number of likely N-dealkylation sites (tertiary alicyclic amines) is 1. The average Bonchev–Trinajstić information content (AvgIpc) is 3.53. The smallest absolute Gasteiger partial charge is 0.245 e. The maximum absolute atomic E-state index is 12.4. The van der Waals surface area contributed by atoms with E-state index in [4.69, 9.17) is 28.3 Å². The summed E-state index contributed by atoms with van der Waals surface area (Å²) in [4.78, 5) is 33.0. The Kier molecular flexibility index (Phi) is 7.49. The molecular weight excluding hydrogens is 611 g/mol. The van der Waals surface area contributed by atoms with Crippen molar-refractivity contribution in [2.24, 2.45) is 11.3 Å². The van der Waals surface area contributed by atoms with Gasteiger partial charge in [-0.25, -0.2) is 0 Å². The van der Waals surface area contributed by atoms with Crippen LogP contribution in [-0.2, 0) is 9.59 Å². The van der Waals surface area contributed by atoms with Crippen LogP contribution in [0.2, 0.25) is 10.0 Å². The Labute approximate surface area is 274 Å². The van der Waals surface area contributed by atoms with Gasteiger partial charge in [0.2, 0.25) is 11.8 Å². The van der Waals surface area contributed by atoms with Crippen LogP contribution in [0, 0.1) is 18.3 Å². The number of H-pyrrole nitrogens is 1. The highest BCUT2D eigenvalue weighted by Gasteiger charge is 2.54. The van der Waals surface area contributed by atoms with Gasteiger partial charge in [0, 0.05) is 79.5 Å². The van der Waals surface area contributed by atoms with E-state index in [9.17, 15) is 9.59 Å². The van der Waals surface area contributed by atoms with E-state index in [0.29, 0.717) is 22.5 Å². The van der Waals surface area contributed by atoms with Crippen LogP contribution < -0.4 is 4.90 Å². The van der Waals surface area contributed by atoms with Crippen molar-refractivity contribution in [3.05, 3.63) is 40.7 Å². The number of benzene rings is 1. The second kappa shape index (κ2) is 11.0. The number of hydrogen-bond acceptors (Lipinski definition) is 6. The second-order valence-electron chi connectivity index (χ2n) is 14.4. The summed E-state index contributed by atoms with van der Waals surface area (Å²) in [5.41, 5.74) is 3.74. The van der Waals surface area contributed by atoms with Gasteiger partial charge in [-0.3, -0.25) is 24.3 Å². The monoisotopic (exact) mass is 652 g/mol. The number of amides is 2. The van der Waals surface area contributed by atoms with Crippen molar-refractivity contribution in [1.82, 2.24) is 34.7 Å². The first-order valence-electron chi connectivity index (χ1n) is 16.0. The fraction of sp³-hybridized carbons (Fsp3) is 0.576. The zero-order chi connectivity index (χ0) is 31.8. The molecule has 2 aromatic heterocycles. The molecule has 3 saturated heterocycles. The summed E-state index contributed by atoms with van der Waals surface area (Å²) in [5.74, 6) is 1.62. The van der Waals surface area contributed by atoms with Gasteiger partial charge in [0.15, 0.2) is 5.82 Å². The van der Waals surface area contributed by atoms with Crippen LogP contribution >= 0.6 is 23.2 Å². The van der Waals surface area contributed by atoms with E-state index >= 15 is 0 Å². The summed E-state index contributed by atoms with van der Waals surface area (Å²) in [6, 6.07) is 2.07. The summed E-state index contributed by atoms with van der Waals surface area (Å²) in [6.45, 7) is 15.9. The molecule has 3 aromatic rings. The third-order valence-electron chi connectivity index (χ3n) is 10.8. The Hall–Kier alpha value is -3.08. The lowest BCUT2D eigenvalue weighted by Crippen LogP contribution is -2.63. The van der Waals surface area contributed by atoms with Crippen molar-refractivity contribution < 1.29 is 9.59 Å². The van der Waals surface area contributed by atoms with E-state index in [0.717, 1.165) is 98.5 Å². The minimum Gasteiger partial charge on any atom is -0.349 e. The molecule has 1 unspecified atom stereocenters. The summed E-state index contributed by atoms with van der Waals surface area (Å²) in [5, 5.41) is 14.7. The molecule has 5 heterocycles. The maximum atomic E-state index is 12.4. The van der Waals surface area contributed by atoms with Gasteiger partial charge in [-0.15, -0.1) is 0 Å². The number of halogens is 2. The fourth-order valence-corrected chi connectivity index (χ4v) is 8.90. The van der Waals surface area contributed by atoms with E-state index in [1.54, 1.807) is 0 Å². The van der Waals surface area contributed by atoms with E-state index in [-0.39, 0.29) is 28.8 Å². The summed E-state index contributed by atoms with van der Waals surface area (Å²) < 4.78 is 2.20. The van der Waals surface area contributed by atoms with E-state index in [2.05, 4.69) is 52.0 Å². The van der Waals surface area contributed by atoms with Crippen LogP contribution in [0.1, 0.15) is 51.3 Å². The quantitative estimate of drug-likeness (QED) is 0.370. The maximum Gasteiger partial charge on any atom is 0.245 e. The van der Waals surface area contributed by atoms with Crippen LogP contribution in [0.3, 0.4) is 0 Å². The van der Waals surface area contributed by atoms with Gasteiger partial charge in [-0.2, -0.15) is 10.2 Å². The fourth-order valence-electron chi connectivity index (χ4n) is 8.45. The number of nitrogens with one attached hydrogen (secondary N) is 1. The van der Waals surface area contributed by atoms with Crippen molar-refractivity contribution in [1.29, 1.82) is 0 Å². The van der Waals surface area contributed by atoms with E-state index < -0.39 is 0 Å². The van der Waals surface area contributed by atoms with Crippen LogP contribution in [0.25, 0.3) is 22.0 Å². The Bertz CT molecular complexity index is 1680. The molecule has 4 aliphatic rings. The van der Waals surface area contributed by atoms with E-state index in [1.165, 1.54) is 6.08 Å². The normalized spacial score (nSPS) is 23.5. The predicted molar refractivity (Wildman–Crippen MR) is 178 cm³/mol. The first kappa shape index (κ1) is 30.6. The van der Waals surface area contributed by atoms with Gasteiger partial charge in [-0.1, -0.05) is 29.8 Å². The van der Waals surface area contributed by atoms with Gasteiger partial charge in [0.1, 0.15) is 0 Å². The molecule has 3 aliphatic heterocycles. The minimum atomic E-state index is -0.180. The van der Waals surface area contributed by atoms with Crippen molar-refractivity contribution in [2.75, 3.05) is 57.8 Å². The van der Waals surface area contributed by atoms with Crippen molar-refractivity contribution >= 4 is 51.7 Å². The highest BCUT2D eigenvalue weighted by molar-refractivity contribution is 6.45. The first-order valence-corrected chi connectivity index (χ1v) is 16.7. The second-order valence-corrected chi connectivity index (χ2v) is 15.2. The molecule has 1 aromatic carbocycles. The Morgan fingerprint density at radius 2 is 1.91 bits per heavy atom. The van der Waals surface area contributed by atoms with Crippen LogP contribution in [0.15, 0.2) is 24.9 Å². The molecule has 1 N–H and O–H groups in total. The molecule has 7 rings (SSSR count). The van der Waals surface area contributed by atoms with Crippen LogP contribution in [-0.4, -0.2) is 105 Å². The number of anilines is 1. The molecule has 1 aliphatic carbocycles. The molecule has 240 valence electrons. The average molecular weight is 654 g/mol. The Morgan fingerprint density at radius 1 is 1.16 bits per heavy atom. The molecule has 1 saturated carbocycles. The number of nitrogens with zero attached hydrogens (tertiary/aromatic N) is 7. The lowest BCUT2D eigenvalue weighted by molar-refractivity contribution is -0.149. The molecule has 1 spiro atoms. The molecule has 10 nitrogen and oxygen atoms in total. The lowest BCUT2D eigenvalue weighted by atomic mass is 9.60. The molecular formula is C33H42Cl2N8O2. The Balaban J connectivity index is 1.21. The standard InChI is InChI=1S/C33H42Cl2N8O2/c1-6-26(44)41-18-33(19-41)13-22(14-33)43-20(2)28(29-23-15-36-37-25(23)11-24(34)30(29)35)31(38-43)42-8-7-21(12-32(42,3)4)16-40-10-9-39(5)27(45)17-40/h6,11,15,21-22H,1,7-10,12-14,16-19H2,2-5H3,(H,36,37). The molecule has 0 bridgehead atoms. The summed E-state index contributed by atoms with van der Waals surface area (Å²) in [6.07, 6.45) is 7.19. The molecule has 1 atom stereocenters. The number of aromatic nitrogens is 4. The van der Waals surface area contributed by atoms with Crippen molar-refractivity contribution in [3.63, 3.8) is 0 Å². The zero-order valence-electron chi connectivity index (χ0n) is 26.6. The first-order chi connectivity index (χ1) is 21.4. The lowest BCUT2D eigenvalue weighted by Gasteiger charge is -2.58. The van der Waals surface area contributed by atoms with Gasteiger partial charge in [0.25, 0.3) is 0 Å². The topological polar surface area (TPSA) is 93.6 Å². The summed E-state index contributed by atoms with van der Waals surface area (Å²) in [7, 11) is 1.89. The molecule has 2 amide bonds. The predicted octanol–water partition coefficient (Wildman–Crippen LogP) is 5.16. The van der Waals surface area contributed by atoms with Gasteiger partial charge in [0.05, 0.1) is 34.3 Å². The summed E-state index contributed by atoms with van der Waals surface area (Å²) >= 11 is 13.7. The number of rotatable bonds is 6. The number of piperazine rings is 1. The molecule has 0 radical (unpaired) electrons. The highest BCUT2D eigenvalue weighted by Crippen LogP contribution is 2.56. The molecule has 45 heavy (non-hydrogen) atoms. The third kappa shape index (κ3) is 5.13. The minimum absolute atomic E-state index is 0.00787. The van der Waals surface area contributed by atoms with E-state index in [1.807, 2.05) is 29.1 Å². The number of hydrogen-bond donors (Lipinski definition) is 1. The van der Waals surface area contributed by atoms with Gasteiger partial charge >= 0.3 is 0 Å². The zero-order valence-corrected chi connectivity index (χ0v) is 28.1. The molecule has 4 fully saturated rings. The SMILES string of the molecule is C=CC(=O)N1CC2(CC(n3nc(N4CCC(CN5CCN(C)C(=O)C5)CC4(C)C)c(-c4c(Cl)c(Cl)cc5[nH]ncc45)c3C)C2)C1. The number of carbonyl (C=O) groups is 2. The van der Waals surface area contributed by atoms with Gasteiger partial charge < -0.3 is 14.7 Å². The number of aromatic amines is 1. The van der Waals surface area contributed by atoms with Crippen molar-refractivity contribution in [3.8, 4) is 11.1 Å². The number of fused-ring (bicyclic) bond motifs is 1. The van der Waals surface area contributed by atoms with Crippen LogP contribution in [0.5, 0.6) is 0 Å². The van der Waals surface area contributed by atoms with Gasteiger partial charge in [-0.05, 0) is 64.5 Å². The molecule has 12 heteroatoms. The number of likely N-dealkylation sites (N-methyl/N-ethyl adjacent to an activating group) is 1. The third-order valence-corrected chi connectivity index (χ3v) is 11.6. The Morgan fingerprint density at radius 3 is 2.60 bits per heavy atom. The van der Waals surface area contributed by atoms with Crippen LogP contribution in [0.4, 0.5) is 5.82 Å². The number of piperidine rings is 1. The number of carbonyl (C=O) groups excluding carboxylic acids is 2. The highest BCUT2D eigenvalue weighted by atomic mass is 35.5. The van der Waals surface area contributed by atoms with Crippen molar-refractivity contribution in [2.45, 2.75) is 58.0 Å². The largest absolute Gasteiger partial charge is 0.349 e.